The molecule has 2 aliphatic carbocycles. The van der Waals surface area contributed by atoms with Crippen LogP contribution in [0.25, 0.3) is 0 Å². The van der Waals surface area contributed by atoms with Crippen LogP contribution >= 0.6 is 0 Å². The third-order valence-corrected chi connectivity index (χ3v) is 2.90. The molecule has 2 aliphatic rings. The Balaban J connectivity index is 2.02. The molecule has 0 aromatic heterocycles. The zero-order valence-corrected chi connectivity index (χ0v) is 5.92. The monoisotopic (exact) mass is 140 g/mol. The highest BCUT2D eigenvalue weighted by molar-refractivity contribution is 5.71. The maximum absolute atomic E-state index is 10.6. The summed E-state index contributed by atoms with van der Waals surface area (Å²) in [5, 5.41) is 8.74. The van der Waals surface area contributed by atoms with Gasteiger partial charge in [-0.05, 0) is 24.7 Å². The van der Waals surface area contributed by atoms with Crippen molar-refractivity contribution >= 4 is 5.97 Å². The molecule has 0 unspecified atom stereocenters. The molecule has 0 heterocycles. The van der Waals surface area contributed by atoms with Crippen molar-refractivity contribution in [2.75, 3.05) is 0 Å². The minimum atomic E-state index is -0.563. The molecule has 0 aromatic rings. The maximum Gasteiger partial charge on any atom is 0.306 e. The molecular weight excluding hydrogens is 128 g/mol. The van der Waals surface area contributed by atoms with Crippen LogP contribution in [-0.4, -0.2) is 11.1 Å². The lowest BCUT2D eigenvalue weighted by molar-refractivity contribution is -0.143. The Labute approximate surface area is 60.2 Å². The summed E-state index contributed by atoms with van der Waals surface area (Å²) >= 11 is 0. The number of hydrogen-bond donors (Lipinski definition) is 1. The summed E-state index contributed by atoms with van der Waals surface area (Å²) in [4.78, 5) is 10.6. The first-order chi connectivity index (χ1) is 4.79. The van der Waals surface area contributed by atoms with E-state index in [0.29, 0.717) is 5.92 Å². The number of rotatable bonds is 1. The Bertz CT molecular complexity index is 165. The van der Waals surface area contributed by atoms with Gasteiger partial charge in [0.2, 0.25) is 0 Å². The van der Waals surface area contributed by atoms with Crippen molar-refractivity contribution in [1.82, 2.24) is 0 Å². The lowest BCUT2D eigenvalue weighted by atomic mass is 9.89. The third kappa shape index (κ3) is 0.825. The first kappa shape index (κ1) is 6.20. The van der Waals surface area contributed by atoms with Crippen molar-refractivity contribution in [3.63, 3.8) is 0 Å². The van der Waals surface area contributed by atoms with Gasteiger partial charge in [0.15, 0.2) is 0 Å². The van der Waals surface area contributed by atoms with E-state index in [1.165, 1.54) is 12.8 Å². The summed E-state index contributed by atoms with van der Waals surface area (Å²) in [6, 6.07) is 0. The van der Waals surface area contributed by atoms with Gasteiger partial charge in [-0.2, -0.15) is 0 Å². The van der Waals surface area contributed by atoms with E-state index < -0.39 is 5.97 Å². The first-order valence-corrected chi connectivity index (χ1v) is 4.02. The fourth-order valence-corrected chi connectivity index (χ4v) is 2.22. The lowest BCUT2D eigenvalue weighted by Gasteiger charge is -2.16. The average molecular weight is 140 g/mol. The summed E-state index contributed by atoms with van der Waals surface area (Å²) < 4.78 is 0. The smallest absolute Gasteiger partial charge is 0.306 e. The van der Waals surface area contributed by atoms with Crippen molar-refractivity contribution in [1.29, 1.82) is 0 Å². The van der Waals surface area contributed by atoms with Gasteiger partial charge in [0.05, 0.1) is 5.92 Å². The van der Waals surface area contributed by atoms with Gasteiger partial charge in [-0.3, -0.25) is 4.79 Å². The fraction of sp³-hybridized carbons (Fsp3) is 0.875. The van der Waals surface area contributed by atoms with E-state index in [0.717, 1.165) is 18.8 Å². The number of carboxylic acids is 1. The van der Waals surface area contributed by atoms with Gasteiger partial charge in [-0.15, -0.1) is 0 Å². The van der Waals surface area contributed by atoms with Crippen LogP contribution in [0.5, 0.6) is 0 Å². The molecule has 1 N–H and O–H groups in total. The Hall–Kier alpha value is -0.530. The summed E-state index contributed by atoms with van der Waals surface area (Å²) in [6.45, 7) is 0. The molecule has 10 heavy (non-hydrogen) atoms. The zero-order valence-electron chi connectivity index (χ0n) is 5.92. The van der Waals surface area contributed by atoms with E-state index in [9.17, 15) is 4.79 Å². The van der Waals surface area contributed by atoms with Crippen molar-refractivity contribution < 1.29 is 9.90 Å². The Kier molecular flexibility index (Phi) is 1.22. The normalized spacial score (nSPS) is 44.2. The van der Waals surface area contributed by atoms with Crippen LogP contribution in [-0.2, 0) is 4.79 Å². The van der Waals surface area contributed by atoms with E-state index in [2.05, 4.69) is 0 Å². The Morgan fingerprint density at radius 2 is 2.20 bits per heavy atom. The Morgan fingerprint density at radius 1 is 1.40 bits per heavy atom. The predicted molar refractivity (Wildman–Crippen MR) is 36.6 cm³/mol. The molecule has 2 heteroatoms. The molecule has 2 fully saturated rings. The van der Waals surface area contributed by atoms with Gasteiger partial charge < -0.3 is 5.11 Å². The first-order valence-electron chi connectivity index (χ1n) is 4.02. The molecular formula is C8H12O2. The number of aliphatic carboxylic acids is 1. The van der Waals surface area contributed by atoms with E-state index >= 15 is 0 Å². The summed E-state index contributed by atoms with van der Waals surface area (Å²) in [7, 11) is 0. The topological polar surface area (TPSA) is 37.3 Å². The SMILES string of the molecule is O=C(O)[C@@H]1CCC[C@@H]2C[C@H]21. The number of hydrogen-bond acceptors (Lipinski definition) is 1. The van der Waals surface area contributed by atoms with Crippen molar-refractivity contribution in [2.45, 2.75) is 25.7 Å². The summed E-state index contributed by atoms with van der Waals surface area (Å²) in [6.07, 6.45) is 4.54. The molecule has 0 aliphatic heterocycles. The molecule has 56 valence electrons. The van der Waals surface area contributed by atoms with Crippen LogP contribution in [0.2, 0.25) is 0 Å². The standard InChI is InChI=1S/C8H12O2/c9-8(10)6-3-1-2-5-4-7(5)6/h5-7H,1-4H2,(H,9,10)/t5-,6-,7-/m1/s1. The highest BCUT2D eigenvalue weighted by Crippen LogP contribution is 2.52. The van der Waals surface area contributed by atoms with Gasteiger partial charge in [0, 0.05) is 0 Å². The molecule has 0 spiro atoms. The van der Waals surface area contributed by atoms with Crippen LogP contribution in [0.15, 0.2) is 0 Å². The van der Waals surface area contributed by atoms with E-state index in [4.69, 9.17) is 5.11 Å². The van der Waals surface area contributed by atoms with Gasteiger partial charge >= 0.3 is 5.97 Å². The van der Waals surface area contributed by atoms with Gasteiger partial charge in [0.25, 0.3) is 0 Å². The average Bonchev–Trinajstić information content (AvgIpc) is 2.63. The number of carbonyl (C=O) groups is 1. The van der Waals surface area contributed by atoms with Crippen molar-refractivity contribution in [2.24, 2.45) is 17.8 Å². The third-order valence-electron chi connectivity index (χ3n) is 2.90. The summed E-state index contributed by atoms with van der Waals surface area (Å²) in [5.41, 5.74) is 0. The minimum absolute atomic E-state index is 0.0127. The van der Waals surface area contributed by atoms with Crippen LogP contribution in [0.1, 0.15) is 25.7 Å². The molecule has 3 atom stereocenters. The van der Waals surface area contributed by atoms with Crippen LogP contribution < -0.4 is 0 Å². The van der Waals surface area contributed by atoms with Crippen molar-refractivity contribution in [3.05, 3.63) is 0 Å². The van der Waals surface area contributed by atoms with Crippen LogP contribution in [0, 0.1) is 17.8 Å². The molecule has 2 rings (SSSR count). The molecule has 2 saturated carbocycles. The molecule has 2 nitrogen and oxygen atoms in total. The summed E-state index contributed by atoms with van der Waals surface area (Å²) in [5.74, 6) is 0.798. The Morgan fingerprint density at radius 3 is 2.80 bits per heavy atom. The van der Waals surface area contributed by atoms with Gasteiger partial charge in [0.1, 0.15) is 0 Å². The van der Waals surface area contributed by atoms with E-state index in [-0.39, 0.29) is 5.92 Å². The highest BCUT2D eigenvalue weighted by Gasteiger charge is 2.47. The second-order valence-electron chi connectivity index (χ2n) is 3.54. The molecule has 0 saturated heterocycles. The van der Waals surface area contributed by atoms with Gasteiger partial charge in [-0.1, -0.05) is 12.8 Å². The molecule has 0 amide bonds. The second-order valence-corrected chi connectivity index (χ2v) is 3.54. The fourth-order valence-electron chi connectivity index (χ4n) is 2.22. The second kappa shape index (κ2) is 1.97. The van der Waals surface area contributed by atoms with Crippen molar-refractivity contribution in [3.8, 4) is 0 Å². The lowest BCUT2D eigenvalue weighted by Crippen LogP contribution is -2.19. The molecule has 0 bridgehead atoms. The largest absolute Gasteiger partial charge is 0.481 e. The highest BCUT2D eigenvalue weighted by atomic mass is 16.4. The van der Waals surface area contributed by atoms with Crippen LogP contribution in [0.4, 0.5) is 0 Å². The van der Waals surface area contributed by atoms with Gasteiger partial charge in [-0.25, -0.2) is 0 Å². The quantitative estimate of drug-likeness (QED) is 0.599. The predicted octanol–water partition coefficient (Wildman–Crippen LogP) is 1.51. The van der Waals surface area contributed by atoms with E-state index in [1.807, 2.05) is 0 Å². The molecule has 0 aromatic carbocycles. The van der Waals surface area contributed by atoms with E-state index in [1.54, 1.807) is 0 Å². The van der Waals surface area contributed by atoms with Crippen LogP contribution in [0.3, 0.4) is 0 Å². The maximum atomic E-state index is 10.6. The molecule has 0 radical (unpaired) electrons. The number of fused-ring (bicyclic) bond motifs is 1. The zero-order chi connectivity index (χ0) is 7.14. The minimum Gasteiger partial charge on any atom is -0.481 e. The number of carboxylic acid groups (broad SMARTS) is 1.